The lowest BCUT2D eigenvalue weighted by molar-refractivity contribution is -0.140. The second kappa shape index (κ2) is 4.68. The molecule has 0 aliphatic carbocycles. The molecule has 2 rings (SSSR count). The van der Waals surface area contributed by atoms with Crippen LogP contribution in [0.4, 0.5) is 6.01 Å². The number of oxazole rings is 1. The Labute approximate surface area is 105 Å². The maximum absolute atomic E-state index is 10.8. The minimum Gasteiger partial charge on any atom is -0.481 e. The van der Waals surface area contributed by atoms with Crippen molar-refractivity contribution in [2.75, 3.05) is 18.5 Å². The number of nitrogens with zero attached hydrogens (tertiary/aromatic N) is 2. The molecule has 1 aromatic heterocycles. The molecule has 5 heteroatoms. The molecular weight excluding hydrogens is 232 g/mol. The van der Waals surface area contributed by atoms with Crippen LogP contribution >= 0.6 is 0 Å². The summed E-state index contributed by atoms with van der Waals surface area (Å²) in [6.45, 7) is 4.01. The van der Waals surface area contributed by atoms with E-state index in [4.69, 9.17) is 9.52 Å². The average Bonchev–Trinajstić information content (AvgIpc) is 2.71. The molecule has 96 valence electrons. The number of aromatic nitrogens is 1. The van der Waals surface area contributed by atoms with Crippen LogP contribution in [0, 0.1) is 12.8 Å². The molecule has 1 N–H and O–H groups in total. The van der Waals surface area contributed by atoms with Gasteiger partial charge in [-0.3, -0.25) is 4.79 Å². The van der Waals surface area contributed by atoms with Crippen molar-refractivity contribution in [3.8, 4) is 0 Å². The van der Waals surface area contributed by atoms with Gasteiger partial charge in [0.05, 0.1) is 5.92 Å². The van der Waals surface area contributed by atoms with Gasteiger partial charge in [-0.2, -0.15) is 4.98 Å². The zero-order chi connectivity index (χ0) is 13.3. The number of carbonyl (C=O) groups is 1. The fourth-order valence-electron chi connectivity index (χ4n) is 1.76. The highest BCUT2D eigenvalue weighted by Crippen LogP contribution is 2.22. The molecule has 0 radical (unpaired) electrons. The van der Waals surface area contributed by atoms with Gasteiger partial charge in [0.1, 0.15) is 5.52 Å². The number of rotatable bonds is 4. The molecule has 0 saturated heterocycles. The van der Waals surface area contributed by atoms with Crippen LogP contribution in [0.2, 0.25) is 0 Å². The van der Waals surface area contributed by atoms with Gasteiger partial charge in [0.15, 0.2) is 5.58 Å². The lowest BCUT2D eigenvalue weighted by Crippen LogP contribution is -2.28. The third kappa shape index (κ3) is 2.45. The number of carboxylic acid groups (broad SMARTS) is 1. The molecule has 0 fully saturated rings. The molecule has 0 amide bonds. The summed E-state index contributed by atoms with van der Waals surface area (Å²) in [4.78, 5) is 16.9. The molecular formula is C13H16N2O3. The van der Waals surface area contributed by atoms with Gasteiger partial charge in [0.2, 0.25) is 0 Å². The average molecular weight is 248 g/mol. The van der Waals surface area contributed by atoms with E-state index in [1.165, 1.54) is 0 Å². The van der Waals surface area contributed by atoms with Crippen LogP contribution in [0.3, 0.4) is 0 Å². The fourth-order valence-corrected chi connectivity index (χ4v) is 1.76. The number of fused-ring (bicyclic) bond motifs is 1. The number of benzene rings is 1. The van der Waals surface area contributed by atoms with Crippen molar-refractivity contribution in [1.82, 2.24) is 4.98 Å². The molecule has 5 nitrogen and oxygen atoms in total. The number of anilines is 1. The fraction of sp³-hybridized carbons (Fsp3) is 0.385. The Morgan fingerprint density at radius 2 is 2.28 bits per heavy atom. The Morgan fingerprint density at radius 1 is 1.56 bits per heavy atom. The number of carboxylic acids is 1. The first-order valence-electron chi connectivity index (χ1n) is 5.78. The minimum atomic E-state index is -0.825. The van der Waals surface area contributed by atoms with E-state index in [-0.39, 0.29) is 0 Å². The molecule has 1 atom stereocenters. The molecule has 0 saturated carbocycles. The maximum atomic E-state index is 10.8. The predicted octanol–water partition coefficient (Wildman–Crippen LogP) is 2.29. The number of aliphatic carboxylic acids is 1. The first-order valence-corrected chi connectivity index (χ1v) is 5.78. The van der Waals surface area contributed by atoms with Crippen LogP contribution < -0.4 is 4.90 Å². The predicted molar refractivity (Wildman–Crippen MR) is 68.8 cm³/mol. The lowest BCUT2D eigenvalue weighted by atomic mass is 10.2. The van der Waals surface area contributed by atoms with Crippen molar-refractivity contribution in [2.24, 2.45) is 5.92 Å². The first kappa shape index (κ1) is 12.4. The SMILES string of the molecule is Cc1ccc2oc(N(C)C[C@H](C)C(=O)O)nc2c1. The molecule has 1 heterocycles. The molecule has 0 aliphatic heterocycles. The quantitative estimate of drug-likeness (QED) is 0.899. The van der Waals surface area contributed by atoms with E-state index in [1.54, 1.807) is 18.9 Å². The van der Waals surface area contributed by atoms with Crippen LogP contribution in [0.25, 0.3) is 11.1 Å². The van der Waals surface area contributed by atoms with E-state index >= 15 is 0 Å². The van der Waals surface area contributed by atoms with Crippen LogP contribution in [0.15, 0.2) is 22.6 Å². The highest BCUT2D eigenvalue weighted by molar-refractivity contribution is 5.75. The van der Waals surface area contributed by atoms with Gasteiger partial charge in [0, 0.05) is 13.6 Å². The Hall–Kier alpha value is -2.04. The van der Waals surface area contributed by atoms with E-state index in [9.17, 15) is 4.79 Å². The topological polar surface area (TPSA) is 66.6 Å². The standard InChI is InChI=1S/C13H16N2O3/c1-8-4-5-11-10(6-8)14-13(18-11)15(3)7-9(2)12(16)17/h4-6,9H,7H2,1-3H3,(H,16,17)/t9-/m0/s1. The van der Waals surface area contributed by atoms with Crippen LogP contribution in [-0.4, -0.2) is 29.7 Å². The molecule has 0 bridgehead atoms. The van der Waals surface area contributed by atoms with Crippen molar-refractivity contribution in [3.63, 3.8) is 0 Å². The smallest absolute Gasteiger partial charge is 0.308 e. The Morgan fingerprint density at radius 3 is 2.94 bits per heavy atom. The van der Waals surface area contributed by atoms with E-state index in [0.29, 0.717) is 18.1 Å². The summed E-state index contributed by atoms with van der Waals surface area (Å²) in [6, 6.07) is 6.22. The summed E-state index contributed by atoms with van der Waals surface area (Å²) in [7, 11) is 1.77. The summed E-state index contributed by atoms with van der Waals surface area (Å²) in [5, 5.41) is 8.88. The van der Waals surface area contributed by atoms with Gasteiger partial charge < -0.3 is 14.4 Å². The van der Waals surface area contributed by atoms with Crippen molar-refractivity contribution in [1.29, 1.82) is 0 Å². The van der Waals surface area contributed by atoms with E-state index in [1.807, 2.05) is 25.1 Å². The van der Waals surface area contributed by atoms with Crippen molar-refractivity contribution >= 4 is 23.1 Å². The molecule has 0 unspecified atom stereocenters. The lowest BCUT2D eigenvalue weighted by Gasteiger charge is -2.16. The van der Waals surface area contributed by atoms with E-state index in [2.05, 4.69) is 4.98 Å². The van der Waals surface area contributed by atoms with Crippen molar-refractivity contribution < 1.29 is 14.3 Å². The summed E-state index contributed by atoms with van der Waals surface area (Å²) in [6.07, 6.45) is 0. The highest BCUT2D eigenvalue weighted by atomic mass is 16.4. The number of aryl methyl sites for hydroxylation is 1. The largest absolute Gasteiger partial charge is 0.481 e. The summed E-state index contributed by atoms with van der Waals surface area (Å²) in [5.41, 5.74) is 2.62. The summed E-state index contributed by atoms with van der Waals surface area (Å²) in [5.74, 6) is -1.29. The van der Waals surface area contributed by atoms with Gasteiger partial charge in [-0.05, 0) is 24.6 Å². The first-order chi connectivity index (χ1) is 8.47. The molecule has 18 heavy (non-hydrogen) atoms. The molecule has 2 aromatic rings. The van der Waals surface area contributed by atoms with Gasteiger partial charge in [0.25, 0.3) is 6.01 Å². The van der Waals surface area contributed by atoms with Gasteiger partial charge in [-0.25, -0.2) is 0 Å². The Balaban J connectivity index is 2.22. The van der Waals surface area contributed by atoms with Gasteiger partial charge >= 0.3 is 5.97 Å². The second-order valence-corrected chi connectivity index (χ2v) is 4.59. The Bertz CT molecular complexity index is 577. The van der Waals surface area contributed by atoms with Crippen LogP contribution in [0.5, 0.6) is 0 Å². The summed E-state index contributed by atoms with van der Waals surface area (Å²) < 4.78 is 5.59. The molecule has 0 aliphatic rings. The third-order valence-corrected chi connectivity index (χ3v) is 2.83. The Kier molecular flexibility index (Phi) is 3.23. The monoisotopic (exact) mass is 248 g/mol. The van der Waals surface area contributed by atoms with Crippen molar-refractivity contribution in [2.45, 2.75) is 13.8 Å². The van der Waals surface area contributed by atoms with Crippen LogP contribution in [0.1, 0.15) is 12.5 Å². The third-order valence-electron chi connectivity index (χ3n) is 2.83. The molecule has 1 aromatic carbocycles. The minimum absolute atomic E-state index is 0.362. The van der Waals surface area contributed by atoms with Crippen molar-refractivity contribution in [3.05, 3.63) is 23.8 Å². The normalized spacial score (nSPS) is 12.6. The highest BCUT2D eigenvalue weighted by Gasteiger charge is 2.17. The summed E-state index contributed by atoms with van der Waals surface area (Å²) >= 11 is 0. The number of hydrogen-bond acceptors (Lipinski definition) is 4. The zero-order valence-corrected chi connectivity index (χ0v) is 10.7. The zero-order valence-electron chi connectivity index (χ0n) is 10.7. The molecule has 0 spiro atoms. The van der Waals surface area contributed by atoms with E-state index in [0.717, 1.165) is 11.1 Å². The van der Waals surface area contributed by atoms with Gasteiger partial charge in [-0.15, -0.1) is 0 Å². The maximum Gasteiger partial charge on any atom is 0.308 e. The second-order valence-electron chi connectivity index (χ2n) is 4.59. The van der Waals surface area contributed by atoms with Crippen LogP contribution in [-0.2, 0) is 4.79 Å². The number of hydrogen-bond donors (Lipinski definition) is 1. The van der Waals surface area contributed by atoms with Gasteiger partial charge in [-0.1, -0.05) is 13.0 Å². The van der Waals surface area contributed by atoms with E-state index < -0.39 is 11.9 Å².